The SMILES string of the molecule is COC(=O)c1ccc(C=CCNC(=O)OCc2ccccc2)c(C)c1. The Hall–Kier alpha value is -3.08. The molecule has 1 N–H and O–H groups in total. The average Bonchev–Trinajstić information content (AvgIpc) is 2.64. The van der Waals surface area contributed by atoms with Gasteiger partial charge in [-0.1, -0.05) is 48.6 Å². The Bertz CT molecular complexity index is 754. The number of aryl methyl sites for hydroxylation is 1. The molecule has 0 aromatic heterocycles. The fourth-order valence-corrected chi connectivity index (χ4v) is 2.21. The highest BCUT2D eigenvalue weighted by molar-refractivity contribution is 5.89. The van der Waals surface area contributed by atoms with Crippen LogP contribution in [0.4, 0.5) is 4.79 Å². The van der Waals surface area contributed by atoms with Crippen molar-refractivity contribution < 1.29 is 19.1 Å². The molecule has 0 atom stereocenters. The number of rotatable bonds is 6. The first kappa shape index (κ1) is 18.3. The van der Waals surface area contributed by atoms with E-state index in [4.69, 9.17) is 9.47 Å². The molecular weight excluding hydrogens is 318 g/mol. The lowest BCUT2D eigenvalue weighted by Crippen LogP contribution is -2.24. The number of carbonyl (C=O) groups excluding carboxylic acids is 2. The van der Waals surface area contributed by atoms with Crippen molar-refractivity contribution in [2.75, 3.05) is 13.7 Å². The van der Waals surface area contributed by atoms with Crippen LogP contribution in [0.15, 0.2) is 54.6 Å². The van der Waals surface area contributed by atoms with Gasteiger partial charge in [0, 0.05) is 6.54 Å². The van der Waals surface area contributed by atoms with Crippen molar-refractivity contribution in [2.24, 2.45) is 0 Å². The van der Waals surface area contributed by atoms with Gasteiger partial charge in [-0.15, -0.1) is 0 Å². The Morgan fingerprint density at radius 3 is 2.56 bits per heavy atom. The molecule has 5 heteroatoms. The third-order valence-corrected chi connectivity index (χ3v) is 3.57. The normalized spacial score (nSPS) is 10.5. The number of esters is 1. The van der Waals surface area contributed by atoms with Gasteiger partial charge in [-0.2, -0.15) is 0 Å². The van der Waals surface area contributed by atoms with Gasteiger partial charge in [-0.25, -0.2) is 9.59 Å². The Balaban J connectivity index is 1.79. The molecule has 0 bridgehead atoms. The van der Waals surface area contributed by atoms with Gasteiger partial charge in [0.15, 0.2) is 0 Å². The molecule has 0 fully saturated rings. The maximum absolute atomic E-state index is 11.6. The van der Waals surface area contributed by atoms with Crippen molar-refractivity contribution in [2.45, 2.75) is 13.5 Å². The van der Waals surface area contributed by atoms with Gasteiger partial charge in [-0.3, -0.25) is 0 Å². The highest BCUT2D eigenvalue weighted by Gasteiger charge is 2.06. The van der Waals surface area contributed by atoms with Crippen molar-refractivity contribution in [3.05, 3.63) is 76.9 Å². The number of ether oxygens (including phenoxy) is 2. The fourth-order valence-electron chi connectivity index (χ4n) is 2.21. The van der Waals surface area contributed by atoms with Crippen LogP contribution in [0.3, 0.4) is 0 Å². The van der Waals surface area contributed by atoms with E-state index in [-0.39, 0.29) is 12.6 Å². The van der Waals surface area contributed by atoms with E-state index >= 15 is 0 Å². The van der Waals surface area contributed by atoms with E-state index < -0.39 is 6.09 Å². The lowest BCUT2D eigenvalue weighted by molar-refractivity contribution is 0.0600. The summed E-state index contributed by atoms with van der Waals surface area (Å²) in [4.78, 5) is 23.1. The second-order valence-corrected chi connectivity index (χ2v) is 5.41. The highest BCUT2D eigenvalue weighted by atomic mass is 16.5. The van der Waals surface area contributed by atoms with Crippen LogP contribution in [-0.4, -0.2) is 25.7 Å². The molecule has 25 heavy (non-hydrogen) atoms. The summed E-state index contributed by atoms with van der Waals surface area (Å²) in [6, 6.07) is 14.8. The molecule has 0 spiro atoms. The number of nitrogens with one attached hydrogen (secondary N) is 1. The number of benzene rings is 2. The van der Waals surface area contributed by atoms with E-state index in [0.29, 0.717) is 12.1 Å². The number of hydrogen-bond acceptors (Lipinski definition) is 4. The van der Waals surface area contributed by atoms with E-state index in [0.717, 1.165) is 16.7 Å². The summed E-state index contributed by atoms with van der Waals surface area (Å²) in [6.45, 7) is 2.50. The van der Waals surface area contributed by atoms with E-state index in [1.54, 1.807) is 12.1 Å². The summed E-state index contributed by atoms with van der Waals surface area (Å²) in [6.07, 6.45) is 3.24. The summed E-state index contributed by atoms with van der Waals surface area (Å²) in [5.74, 6) is -0.360. The van der Waals surface area contributed by atoms with Crippen molar-refractivity contribution in [3.63, 3.8) is 0 Å². The van der Waals surface area contributed by atoms with Crippen LogP contribution >= 0.6 is 0 Å². The maximum atomic E-state index is 11.6. The van der Waals surface area contributed by atoms with Crippen LogP contribution in [0.2, 0.25) is 0 Å². The molecule has 0 unspecified atom stereocenters. The number of hydrogen-bond donors (Lipinski definition) is 1. The second-order valence-electron chi connectivity index (χ2n) is 5.41. The Morgan fingerprint density at radius 1 is 1.12 bits per heavy atom. The van der Waals surface area contributed by atoms with Crippen molar-refractivity contribution in [1.82, 2.24) is 5.32 Å². The predicted molar refractivity (Wildman–Crippen MR) is 96.2 cm³/mol. The van der Waals surface area contributed by atoms with Gasteiger partial charge in [0.2, 0.25) is 0 Å². The predicted octanol–water partition coefficient (Wildman–Crippen LogP) is 3.72. The van der Waals surface area contributed by atoms with Crippen molar-refractivity contribution in [3.8, 4) is 0 Å². The van der Waals surface area contributed by atoms with E-state index in [1.807, 2.05) is 55.5 Å². The summed E-state index contributed by atoms with van der Waals surface area (Å²) >= 11 is 0. The average molecular weight is 339 g/mol. The molecule has 1 amide bonds. The van der Waals surface area contributed by atoms with Crippen LogP contribution in [-0.2, 0) is 16.1 Å². The largest absolute Gasteiger partial charge is 0.465 e. The standard InChI is InChI=1S/C20H21NO4/c1-15-13-18(19(22)24-2)11-10-17(15)9-6-12-21-20(23)25-14-16-7-4-3-5-8-16/h3-11,13H,12,14H2,1-2H3,(H,21,23). The minimum Gasteiger partial charge on any atom is -0.465 e. The molecule has 5 nitrogen and oxygen atoms in total. The summed E-state index contributed by atoms with van der Waals surface area (Å²) in [5, 5.41) is 2.66. The quantitative estimate of drug-likeness (QED) is 0.815. The minimum absolute atomic E-state index is 0.241. The number of methoxy groups -OCH3 is 1. The van der Waals surface area contributed by atoms with Crippen LogP contribution < -0.4 is 5.32 Å². The van der Waals surface area contributed by atoms with E-state index in [2.05, 4.69) is 5.32 Å². The Kier molecular flexibility index (Phi) is 6.77. The zero-order valence-electron chi connectivity index (χ0n) is 14.3. The molecule has 0 aliphatic rings. The number of alkyl carbamates (subject to hydrolysis) is 1. The van der Waals surface area contributed by atoms with Crippen LogP contribution in [0, 0.1) is 6.92 Å². The van der Waals surface area contributed by atoms with Crippen molar-refractivity contribution >= 4 is 18.1 Å². The maximum Gasteiger partial charge on any atom is 0.407 e. The topological polar surface area (TPSA) is 64.6 Å². The first-order valence-corrected chi connectivity index (χ1v) is 7.90. The van der Waals surface area contributed by atoms with Gasteiger partial charge in [-0.05, 0) is 35.7 Å². The van der Waals surface area contributed by atoms with Crippen LogP contribution in [0.1, 0.15) is 27.0 Å². The molecule has 2 aromatic carbocycles. The molecule has 0 heterocycles. The molecule has 0 saturated carbocycles. The van der Waals surface area contributed by atoms with Gasteiger partial charge in [0.05, 0.1) is 12.7 Å². The Morgan fingerprint density at radius 2 is 1.88 bits per heavy atom. The third kappa shape index (κ3) is 5.80. The lowest BCUT2D eigenvalue weighted by atomic mass is 10.0. The van der Waals surface area contributed by atoms with Gasteiger partial charge in [0.1, 0.15) is 6.61 Å². The minimum atomic E-state index is -0.466. The van der Waals surface area contributed by atoms with E-state index in [1.165, 1.54) is 7.11 Å². The molecule has 0 saturated heterocycles. The second kappa shape index (κ2) is 9.27. The molecule has 2 aromatic rings. The molecule has 0 aliphatic heterocycles. The third-order valence-electron chi connectivity index (χ3n) is 3.57. The smallest absolute Gasteiger partial charge is 0.407 e. The summed E-state index contributed by atoms with van der Waals surface area (Å²) < 4.78 is 9.82. The number of carbonyl (C=O) groups is 2. The summed E-state index contributed by atoms with van der Waals surface area (Å²) in [5.41, 5.74) is 3.37. The van der Waals surface area contributed by atoms with Crippen molar-refractivity contribution in [1.29, 1.82) is 0 Å². The van der Waals surface area contributed by atoms with E-state index in [9.17, 15) is 9.59 Å². The summed E-state index contributed by atoms with van der Waals surface area (Å²) in [7, 11) is 1.36. The fraction of sp³-hybridized carbons (Fsp3) is 0.200. The van der Waals surface area contributed by atoms with Gasteiger partial charge < -0.3 is 14.8 Å². The molecule has 0 aliphatic carbocycles. The number of amides is 1. The zero-order valence-corrected chi connectivity index (χ0v) is 14.3. The zero-order chi connectivity index (χ0) is 18.1. The van der Waals surface area contributed by atoms with Gasteiger partial charge in [0.25, 0.3) is 0 Å². The monoisotopic (exact) mass is 339 g/mol. The lowest BCUT2D eigenvalue weighted by Gasteiger charge is -2.06. The molecular formula is C20H21NO4. The molecule has 130 valence electrons. The Labute approximate surface area is 147 Å². The molecule has 0 radical (unpaired) electrons. The highest BCUT2D eigenvalue weighted by Crippen LogP contribution is 2.13. The van der Waals surface area contributed by atoms with Crippen LogP contribution in [0.5, 0.6) is 0 Å². The first-order chi connectivity index (χ1) is 12.1. The van der Waals surface area contributed by atoms with Crippen LogP contribution in [0.25, 0.3) is 6.08 Å². The van der Waals surface area contributed by atoms with Gasteiger partial charge >= 0.3 is 12.1 Å². The first-order valence-electron chi connectivity index (χ1n) is 7.90. The molecule has 2 rings (SSSR count).